The van der Waals surface area contributed by atoms with E-state index in [2.05, 4.69) is 31.9 Å². The highest BCUT2D eigenvalue weighted by atomic mass is 79.9. The average Bonchev–Trinajstić information content (AvgIpc) is 2.73. The first kappa shape index (κ1) is 19.1. The van der Waals surface area contributed by atoms with E-state index < -0.39 is 35.1 Å². The smallest absolute Gasteiger partial charge is 0.347 e. The molecule has 2 rings (SSSR count). The van der Waals surface area contributed by atoms with E-state index in [9.17, 15) is 19.1 Å². The molecule has 5 nitrogen and oxygen atoms in total. The lowest BCUT2D eigenvalue weighted by Gasteiger charge is -2.34. The summed E-state index contributed by atoms with van der Waals surface area (Å²) in [5.41, 5.74) is -3.19. The number of hydrogen-bond donors (Lipinski definition) is 1. The minimum atomic E-state index is -2.34. The number of carbonyl (C=O) groups excluding carboxylic acids is 2. The summed E-state index contributed by atoms with van der Waals surface area (Å²) in [5.74, 6) is -2.29. The molecule has 0 amide bonds. The molecule has 130 valence electrons. The van der Waals surface area contributed by atoms with Gasteiger partial charge in [-0.1, -0.05) is 12.1 Å². The van der Waals surface area contributed by atoms with Crippen molar-refractivity contribution in [3.63, 3.8) is 0 Å². The zero-order valence-electron chi connectivity index (χ0n) is 13.1. The van der Waals surface area contributed by atoms with Gasteiger partial charge in [0.2, 0.25) is 5.60 Å². The second kappa shape index (κ2) is 6.57. The first-order chi connectivity index (χ1) is 11.0. The highest BCUT2D eigenvalue weighted by Gasteiger charge is 2.55. The Labute approximate surface area is 155 Å². The highest BCUT2D eigenvalue weighted by Crippen LogP contribution is 2.42. The van der Waals surface area contributed by atoms with E-state index in [1.807, 2.05) is 0 Å². The fraction of sp³-hybridized carbons (Fsp3) is 0.375. The number of ether oxygens (including phenoxy) is 2. The van der Waals surface area contributed by atoms with E-state index in [1.54, 1.807) is 20.8 Å². The minimum absolute atomic E-state index is 0.0371. The van der Waals surface area contributed by atoms with Crippen LogP contribution in [0.4, 0.5) is 4.39 Å². The van der Waals surface area contributed by atoms with Gasteiger partial charge in [0.25, 0.3) is 0 Å². The first-order valence-electron chi connectivity index (χ1n) is 6.95. The third-order valence-electron chi connectivity index (χ3n) is 3.22. The van der Waals surface area contributed by atoms with Crippen LogP contribution in [0.1, 0.15) is 26.3 Å². The Bertz CT molecular complexity index is 708. The molecule has 1 N–H and O–H groups in total. The van der Waals surface area contributed by atoms with Crippen LogP contribution in [0, 0.1) is 5.82 Å². The van der Waals surface area contributed by atoms with Crippen LogP contribution in [-0.2, 0) is 24.7 Å². The Morgan fingerprint density at radius 3 is 2.21 bits per heavy atom. The molecule has 8 heteroatoms. The van der Waals surface area contributed by atoms with Crippen molar-refractivity contribution in [2.24, 2.45) is 0 Å². The van der Waals surface area contributed by atoms with Crippen molar-refractivity contribution in [3.05, 3.63) is 44.6 Å². The molecule has 1 aromatic rings. The van der Waals surface area contributed by atoms with Crippen molar-refractivity contribution in [3.8, 4) is 0 Å². The van der Waals surface area contributed by atoms with Gasteiger partial charge in [0.05, 0.1) is 4.48 Å². The fourth-order valence-electron chi connectivity index (χ4n) is 2.13. The van der Waals surface area contributed by atoms with Crippen molar-refractivity contribution < 1.29 is 28.6 Å². The Morgan fingerprint density at radius 1 is 1.25 bits per heavy atom. The van der Waals surface area contributed by atoms with E-state index in [0.29, 0.717) is 0 Å². The largest absolute Gasteiger partial charge is 0.457 e. The van der Waals surface area contributed by atoms with Gasteiger partial charge < -0.3 is 14.6 Å². The quantitative estimate of drug-likeness (QED) is 0.693. The van der Waals surface area contributed by atoms with Crippen LogP contribution in [0.3, 0.4) is 0 Å². The number of cyclic esters (lactones) is 1. The molecule has 1 aliphatic heterocycles. The molecule has 1 heterocycles. The number of aliphatic hydroxyl groups is 1. The Kier molecular flexibility index (Phi) is 5.22. The lowest BCUT2D eigenvalue weighted by atomic mass is 9.87. The fourth-order valence-corrected chi connectivity index (χ4v) is 3.02. The van der Waals surface area contributed by atoms with Crippen molar-refractivity contribution in [1.29, 1.82) is 0 Å². The van der Waals surface area contributed by atoms with Crippen LogP contribution in [0.2, 0.25) is 0 Å². The molecule has 1 aliphatic rings. The summed E-state index contributed by atoms with van der Waals surface area (Å²) < 4.78 is 23.8. The topological polar surface area (TPSA) is 72.8 Å². The van der Waals surface area contributed by atoms with Gasteiger partial charge in [-0.2, -0.15) is 0 Å². The maximum atomic E-state index is 13.2. The van der Waals surface area contributed by atoms with E-state index in [4.69, 9.17) is 9.47 Å². The molecule has 0 saturated heterocycles. The van der Waals surface area contributed by atoms with Crippen LogP contribution in [0.25, 0.3) is 0 Å². The van der Waals surface area contributed by atoms with Gasteiger partial charge in [-0.05, 0) is 70.3 Å². The molecular formula is C16H15Br2FO5. The van der Waals surface area contributed by atoms with Crippen LogP contribution < -0.4 is 0 Å². The molecule has 0 unspecified atom stereocenters. The van der Waals surface area contributed by atoms with Gasteiger partial charge in [0, 0.05) is 0 Å². The summed E-state index contributed by atoms with van der Waals surface area (Å²) in [6.45, 7) is 4.91. The number of esters is 2. The zero-order valence-corrected chi connectivity index (χ0v) is 16.3. The normalized spacial score (nSPS) is 20.6. The molecule has 0 aromatic heterocycles. The molecule has 24 heavy (non-hydrogen) atoms. The standard InChI is InChI=1S/C16H15Br2FO5/c1-15(2,3)24-14(21)16(22,8-4-6-9(19)7-5-8)12-10(17)11(18)13(20)23-12/h4-7,12,22H,1-3H3/t12-,16+/m1/s1. The van der Waals surface area contributed by atoms with Crippen molar-refractivity contribution >= 4 is 43.8 Å². The molecule has 0 aliphatic carbocycles. The second-order valence-corrected chi connectivity index (χ2v) is 7.87. The summed E-state index contributed by atoms with van der Waals surface area (Å²) in [6, 6.07) is 4.65. The first-order valence-corrected chi connectivity index (χ1v) is 8.53. The predicted molar refractivity (Wildman–Crippen MR) is 90.9 cm³/mol. The van der Waals surface area contributed by atoms with Gasteiger partial charge in [-0.3, -0.25) is 0 Å². The predicted octanol–water partition coefficient (Wildman–Crippen LogP) is 3.28. The van der Waals surface area contributed by atoms with Crippen molar-refractivity contribution in [1.82, 2.24) is 0 Å². The van der Waals surface area contributed by atoms with E-state index in [-0.39, 0.29) is 14.5 Å². The van der Waals surface area contributed by atoms with E-state index in [1.165, 1.54) is 12.1 Å². The molecule has 0 fully saturated rings. The summed E-state index contributed by atoms with van der Waals surface area (Å²) in [5, 5.41) is 11.2. The molecule has 1 aromatic carbocycles. The van der Waals surface area contributed by atoms with E-state index >= 15 is 0 Å². The Balaban J connectivity index is 2.56. The lowest BCUT2D eigenvalue weighted by Crippen LogP contribution is -2.50. The van der Waals surface area contributed by atoms with Crippen molar-refractivity contribution in [2.45, 2.75) is 38.1 Å². The third-order valence-corrected chi connectivity index (χ3v) is 5.31. The summed E-state index contributed by atoms with van der Waals surface area (Å²) in [4.78, 5) is 24.5. The molecule has 0 radical (unpaired) electrons. The molecular weight excluding hydrogens is 451 g/mol. The third kappa shape index (κ3) is 3.55. The molecule has 0 spiro atoms. The average molecular weight is 466 g/mol. The maximum Gasteiger partial charge on any atom is 0.347 e. The summed E-state index contributed by atoms with van der Waals surface area (Å²) >= 11 is 6.18. The monoisotopic (exact) mass is 464 g/mol. The van der Waals surface area contributed by atoms with Gasteiger partial charge >= 0.3 is 11.9 Å². The van der Waals surface area contributed by atoms with Crippen molar-refractivity contribution in [2.75, 3.05) is 0 Å². The Hall–Kier alpha value is -1.25. The molecule has 2 atom stereocenters. The zero-order chi connectivity index (χ0) is 18.3. The summed E-state index contributed by atoms with van der Waals surface area (Å²) in [6.07, 6.45) is -1.36. The second-order valence-electron chi connectivity index (χ2n) is 6.22. The highest BCUT2D eigenvalue weighted by molar-refractivity contribution is 9.14. The van der Waals surface area contributed by atoms with Crippen LogP contribution in [0.15, 0.2) is 33.2 Å². The van der Waals surface area contributed by atoms with Crippen LogP contribution >= 0.6 is 31.9 Å². The van der Waals surface area contributed by atoms with Crippen LogP contribution in [-0.4, -0.2) is 28.8 Å². The van der Waals surface area contributed by atoms with Gasteiger partial charge in [-0.25, -0.2) is 14.0 Å². The van der Waals surface area contributed by atoms with E-state index in [0.717, 1.165) is 12.1 Å². The number of carbonyl (C=O) groups is 2. The van der Waals surface area contributed by atoms with Gasteiger partial charge in [0.15, 0.2) is 6.10 Å². The number of hydrogen-bond acceptors (Lipinski definition) is 5. The van der Waals surface area contributed by atoms with Gasteiger partial charge in [-0.15, -0.1) is 0 Å². The maximum absolute atomic E-state index is 13.2. The number of rotatable bonds is 3. The number of halogens is 3. The number of benzene rings is 1. The molecule has 0 bridgehead atoms. The summed E-state index contributed by atoms with van der Waals surface area (Å²) in [7, 11) is 0. The molecule has 0 saturated carbocycles. The SMILES string of the molecule is CC(C)(C)OC(=O)[C@](O)(c1ccc(F)cc1)[C@@H]1OC(=O)C(Br)=C1Br. The minimum Gasteiger partial charge on any atom is -0.457 e. The Morgan fingerprint density at radius 2 is 1.79 bits per heavy atom. The van der Waals surface area contributed by atoms with Crippen LogP contribution in [0.5, 0.6) is 0 Å². The van der Waals surface area contributed by atoms with Gasteiger partial charge in [0.1, 0.15) is 15.9 Å². The lowest BCUT2D eigenvalue weighted by molar-refractivity contribution is -0.191.